The number of aromatic nitrogens is 2. The average molecular weight is 239 g/mol. The lowest BCUT2D eigenvalue weighted by molar-refractivity contribution is -0.140. The Balaban J connectivity index is 2.40. The molecule has 17 heavy (non-hydrogen) atoms. The summed E-state index contributed by atoms with van der Waals surface area (Å²) >= 11 is 0. The van der Waals surface area contributed by atoms with Crippen LogP contribution in [0.5, 0.6) is 5.88 Å². The Morgan fingerprint density at radius 1 is 1.47 bits per heavy atom. The van der Waals surface area contributed by atoms with Gasteiger partial charge in [-0.25, -0.2) is 9.97 Å². The Kier molecular flexibility index (Phi) is 5.77. The van der Waals surface area contributed by atoms with Crippen LogP contribution in [0, 0.1) is 0 Å². The third-order valence-corrected chi connectivity index (χ3v) is 1.96. The van der Waals surface area contributed by atoms with Gasteiger partial charge in [-0.1, -0.05) is 6.92 Å². The minimum atomic E-state index is -0.256. The lowest BCUT2D eigenvalue weighted by Gasteiger charge is -2.06. The van der Waals surface area contributed by atoms with Gasteiger partial charge < -0.3 is 14.8 Å². The predicted molar refractivity (Wildman–Crippen MR) is 62.9 cm³/mol. The number of hydrogen-bond acceptors (Lipinski definition) is 6. The molecule has 1 aromatic heterocycles. The molecule has 94 valence electrons. The molecular formula is C11H17N3O3. The summed E-state index contributed by atoms with van der Waals surface area (Å²) in [6.45, 7) is 3.12. The lowest BCUT2D eigenvalue weighted by atomic mass is 10.4. The maximum Gasteiger partial charge on any atom is 0.307 e. The van der Waals surface area contributed by atoms with E-state index < -0.39 is 0 Å². The number of methoxy groups -OCH3 is 1. The zero-order chi connectivity index (χ0) is 12.5. The van der Waals surface area contributed by atoms with E-state index in [2.05, 4.69) is 20.0 Å². The van der Waals surface area contributed by atoms with E-state index in [9.17, 15) is 4.79 Å². The fourth-order valence-corrected chi connectivity index (χ4v) is 1.12. The summed E-state index contributed by atoms with van der Waals surface area (Å²) in [6.07, 6.45) is 2.65. The van der Waals surface area contributed by atoms with Crippen LogP contribution in [0.15, 0.2) is 12.4 Å². The Bertz CT molecular complexity index is 358. The third kappa shape index (κ3) is 5.14. The van der Waals surface area contributed by atoms with E-state index in [4.69, 9.17) is 4.74 Å². The Morgan fingerprint density at radius 3 is 3.00 bits per heavy atom. The summed E-state index contributed by atoms with van der Waals surface area (Å²) in [7, 11) is 1.36. The van der Waals surface area contributed by atoms with Crippen LogP contribution in [0.4, 0.5) is 5.82 Å². The molecule has 0 saturated heterocycles. The fraction of sp³-hybridized carbons (Fsp3) is 0.545. The van der Waals surface area contributed by atoms with Gasteiger partial charge in [0.15, 0.2) is 0 Å². The Labute approximate surface area is 100 Å². The predicted octanol–water partition coefficient (Wildman–Crippen LogP) is 1.24. The van der Waals surface area contributed by atoms with Crippen molar-refractivity contribution in [1.29, 1.82) is 0 Å². The maximum atomic E-state index is 10.9. The number of carbonyl (C=O) groups is 1. The molecule has 0 fully saturated rings. The van der Waals surface area contributed by atoms with Gasteiger partial charge >= 0.3 is 5.97 Å². The number of carbonyl (C=O) groups excluding carboxylic acids is 1. The quantitative estimate of drug-likeness (QED) is 0.722. The first kappa shape index (κ1) is 13.2. The average Bonchev–Trinajstić information content (AvgIpc) is 2.36. The van der Waals surface area contributed by atoms with Crippen LogP contribution < -0.4 is 10.1 Å². The number of rotatable bonds is 7. The summed E-state index contributed by atoms with van der Waals surface area (Å²) in [5, 5.41) is 2.99. The van der Waals surface area contributed by atoms with Gasteiger partial charge in [0.1, 0.15) is 12.1 Å². The highest BCUT2D eigenvalue weighted by Gasteiger charge is 2.02. The zero-order valence-corrected chi connectivity index (χ0v) is 10.1. The van der Waals surface area contributed by atoms with Crippen LogP contribution in [0.2, 0.25) is 0 Å². The molecule has 1 heterocycles. The standard InChI is InChI=1S/C11H17N3O3/c1-3-6-17-10-7-9(13-8-14-10)12-5-4-11(15)16-2/h7-8H,3-6H2,1-2H3,(H,12,13,14). The second-order valence-electron chi connectivity index (χ2n) is 3.34. The summed E-state index contributed by atoms with van der Waals surface area (Å²) in [4.78, 5) is 18.9. The van der Waals surface area contributed by atoms with Gasteiger partial charge in [-0.2, -0.15) is 0 Å². The van der Waals surface area contributed by atoms with Crippen molar-refractivity contribution in [2.45, 2.75) is 19.8 Å². The molecular weight excluding hydrogens is 222 g/mol. The second-order valence-corrected chi connectivity index (χ2v) is 3.34. The summed E-state index contributed by atoms with van der Waals surface area (Å²) in [5.41, 5.74) is 0. The summed E-state index contributed by atoms with van der Waals surface area (Å²) < 4.78 is 9.89. The van der Waals surface area contributed by atoms with Crippen molar-refractivity contribution >= 4 is 11.8 Å². The molecule has 0 atom stereocenters. The van der Waals surface area contributed by atoms with Crippen molar-refractivity contribution in [2.24, 2.45) is 0 Å². The van der Waals surface area contributed by atoms with E-state index in [1.54, 1.807) is 6.07 Å². The molecule has 6 nitrogen and oxygen atoms in total. The van der Waals surface area contributed by atoms with Crippen LogP contribution in [0.1, 0.15) is 19.8 Å². The van der Waals surface area contributed by atoms with Crippen LogP contribution in [-0.2, 0) is 9.53 Å². The van der Waals surface area contributed by atoms with E-state index in [0.29, 0.717) is 31.3 Å². The highest BCUT2D eigenvalue weighted by molar-refractivity contribution is 5.69. The van der Waals surface area contributed by atoms with E-state index in [1.807, 2.05) is 6.92 Å². The van der Waals surface area contributed by atoms with Crippen molar-refractivity contribution in [3.8, 4) is 5.88 Å². The molecule has 1 rings (SSSR count). The molecule has 1 N–H and O–H groups in total. The van der Waals surface area contributed by atoms with Gasteiger partial charge in [0.05, 0.1) is 20.1 Å². The minimum absolute atomic E-state index is 0.256. The summed E-state index contributed by atoms with van der Waals surface area (Å²) in [5.74, 6) is 0.909. The van der Waals surface area contributed by atoms with Crippen molar-refractivity contribution < 1.29 is 14.3 Å². The molecule has 0 aliphatic rings. The monoisotopic (exact) mass is 239 g/mol. The molecule has 1 aromatic rings. The molecule has 6 heteroatoms. The first-order valence-electron chi connectivity index (χ1n) is 5.51. The number of ether oxygens (including phenoxy) is 2. The van der Waals surface area contributed by atoms with Gasteiger partial charge in [0.25, 0.3) is 0 Å². The normalized spacial score (nSPS) is 9.76. The fourth-order valence-electron chi connectivity index (χ4n) is 1.12. The molecule has 0 amide bonds. The molecule has 0 aliphatic carbocycles. The van der Waals surface area contributed by atoms with Crippen molar-refractivity contribution in [3.05, 3.63) is 12.4 Å². The van der Waals surface area contributed by atoms with Crippen molar-refractivity contribution in [2.75, 3.05) is 25.6 Å². The molecule has 0 radical (unpaired) electrons. The van der Waals surface area contributed by atoms with Crippen LogP contribution in [0.3, 0.4) is 0 Å². The first-order valence-corrected chi connectivity index (χ1v) is 5.51. The van der Waals surface area contributed by atoms with Crippen molar-refractivity contribution in [3.63, 3.8) is 0 Å². The largest absolute Gasteiger partial charge is 0.478 e. The van der Waals surface area contributed by atoms with E-state index in [-0.39, 0.29) is 5.97 Å². The highest BCUT2D eigenvalue weighted by Crippen LogP contribution is 2.10. The first-order chi connectivity index (χ1) is 8.26. The van der Waals surface area contributed by atoms with Crippen LogP contribution in [-0.4, -0.2) is 36.2 Å². The van der Waals surface area contributed by atoms with Gasteiger partial charge in [-0.3, -0.25) is 4.79 Å². The Morgan fingerprint density at radius 2 is 2.29 bits per heavy atom. The maximum absolute atomic E-state index is 10.9. The highest BCUT2D eigenvalue weighted by atomic mass is 16.5. The van der Waals surface area contributed by atoms with Gasteiger partial charge in [-0.05, 0) is 6.42 Å². The zero-order valence-electron chi connectivity index (χ0n) is 10.1. The summed E-state index contributed by atoms with van der Waals surface area (Å²) in [6, 6.07) is 1.70. The molecule has 0 aromatic carbocycles. The number of anilines is 1. The molecule has 0 spiro atoms. The minimum Gasteiger partial charge on any atom is -0.478 e. The van der Waals surface area contributed by atoms with Gasteiger partial charge in [-0.15, -0.1) is 0 Å². The Hall–Kier alpha value is -1.85. The number of hydrogen-bond donors (Lipinski definition) is 1. The molecule has 0 bridgehead atoms. The van der Waals surface area contributed by atoms with E-state index in [1.165, 1.54) is 13.4 Å². The number of esters is 1. The van der Waals surface area contributed by atoms with E-state index in [0.717, 1.165) is 6.42 Å². The number of nitrogens with one attached hydrogen (secondary N) is 1. The smallest absolute Gasteiger partial charge is 0.307 e. The van der Waals surface area contributed by atoms with Gasteiger partial charge in [0, 0.05) is 12.6 Å². The van der Waals surface area contributed by atoms with Gasteiger partial charge in [0.2, 0.25) is 5.88 Å². The second kappa shape index (κ2) is 7.43. The lowest BCUT2D eigenvalue weighted by Crippen LogP contribution is -2.10. The van der Waals surface area contributed by atoms with Crippen molar-refractivity contribution in [1.82, 2.24) is 9.97 Å². The molecule has 0 unspecified atom stereocenters. The third-order valence-electron chi connectivity index (χ3n) is 1.96. The molecule has 0 aliphatic heterocycles. The van der Waals surface area contributed by atoms with E-state index >= 15 is 0 Å². The molecule has 0 saturated carbocycles. The van der Waals surface area contributed by atoms with Crippen LogP contribution >= 0.6 is 0 Å². The SMILES string of the molecule is CCCOc1cc(NCCC(=O)OC)ncn1. The number of nitrogens with zero attached hydrogens (tertiary/aromatic N) is 2. The topological polar surface area (TPSA) is 73.3 Å². The van der Waals surface area contributed by atoms with Crippen LogP contribution in [0.25, 0.3) is 0 Å².